The van der Waals surface area contributed by atoms with Gasteiger partial charge in [-0.3, -0.25) is 9.59 Å². The molecule has 3 N–H and O–H groups in total. The van der Waals surface area contributed by atoms with E-state index in [4.69, 9.17) is 5.73 Å². The zero-order chi connectivity index (χ0) is 15.9. The maximum absolute atomic E-state index is 12.6. The number of nitrogens with two attached hydrogens (primary N) is 1. The average Bonchev–Trinajstić information content (AvgIpc) is 3.25. The molecule has 2 fully saturated rings. The van der Waals surface area contributed by atoms with Crippen LogP contribution in [0.2, 0.25) is 0 Å². The summed E-state index contributed by atoms with van der Waals surface area (Å²) in [4.78, 5) is 25.1. The maximum atomic E-state index is 12.6. The minimum atomic E-state index is -0.196. The van der Waals surface area contributed by atoms with Gasteiger partial charge in [-0.25, -0.2) is 0 Å². The lowest BCUT2D eigenvalue weighted by atomic mass is 9.96. The minimum absolute atomic E-state index is 0.00113. The number of aryl methyl sites for hydroxylation is 1. The highest BCUT2D eigenvalue weighted by Crippen LogP contribution is 2.38. The highest BCUT2D eigenvalue weighted by molar-refractivity contribution is 5.98. The number of likely N-dealkylation sites (tertiary alicyclic amines) is 1. The molecule has 2 aliphatic rings. The molecule has 3 rings (SSSR count). The molecule has 1 saturated carbocycles. The minimum Gasteiger partial charge on any atom is -0.369 e. The van der Waals surface area contributed by atoms with Crippen LogP contribution in [0, 0.1) is 19.8 Å². The number of hydrogen-bond donors (Lipinski definition) is 2. The fourth-order valence-electron chi connectivity index (χ4n) is 3.76. The predicted molar refractivity (Wildman–Crippen MR) is 84.0 cm³/mol. The Hall–Kier alpha value is -1.62. The number of rotatable bonds is 5. The van der Waals surface area contributed by atoms with E-state index < -0.39 is 0 Å². The first-order valence-electron chi connectivity index (χ1n) is 8.32. The molecule has 1 amide bonds. The van der Waals surface area contributed by atoms with Crippen molar-refractivity contribution in [2.24, 2.45) is 11.7 Å². The van der Waals surface area contributed by atoms with Crippen LogP contribution < -0.4 is 10.6 Å². The Morgan fingerprint density at radius 1 is 1.23 bits per heavy atom. The highest BCUT2D eigenvalue weighted by atomic mass is 16.1. The van der Waals surface area contributed by atoms with Crippen LogP contribution in [0.25, 0.3) is 0 Å². The molecule has 0 unspecified atom stereocenters. The van der Waals surface area contributed by atoms with Crippen molar-refractivity contribution >= 4 is 11.7 Å². The van der Waals surface area contributed by atoms with E-state index in [9.17, 15) is 9.59 Å². The van der Waals surface area contributed by atoms with Crippen molar-refractivity contribution in [3.05, 3.63) is 23.0 Å². The van der Waals surface area contributed by atoms with E-state index in [-0.39, 0.29) is 17.6 Å². The van der Waals surface area contributed by atoms with Gasteiger partial charge in [0.2, 0.25) is 11.7 Å². The van der Waals surface area contributed by atoms with Gasteiger partial charge in [0.05, 0.1) is 13.1 Å². The van der Waals surface area contributed by atoms with Crippen LogP contribution in [0.15, 0.2) is 6.07 Å². The number of nitrogens with one attached hydrogen (secondary N) is 1. The van der Waals surface area contributed by atoms with E-state index in [0.29, 0.717) is 12.6 Å². The second kappa shape index (κ2) is 5.88. The second-order valence-corrected chi connectivity index (χ2v) is 6.91. The van der Waals surface area contributed by atoms with Crippen molar-refractivity contribution in [3.8, 4) is 0 Å². The molecule has 1 aliphatic heterocycles. The molecule has 0 atom stereocenters. The molecule has 0 aromatic carbocycles. The Labute approximate surface area is 131 Å². The van der Waals surface area contributed by atoms with Gasteiger partial charge < -0.3 is 15.2 Å². The lowest BCUT2D eigenvalue weighted by Gasteiger charge is -2.27. The fraction of sp³-hybridized carbons (Fsp3) is 0.647. The number of Topliss-reactive ketones (excluding diaryl/α,β-unsaturated/α-hetero) is 1. The first kappa shape index (κ1) is 15.3. The molecule has 1 aromatic rings. The zero-order valence-corrected chi connectivity index (χ0v) is 13.5. The summed E-state index contributed by atoms with van der Waals surface area (Å²) in [6.07, 6.45) is 4.07. The highest BCUT2D eigenvalue weighted by Gasteiger charge is 2.31. The number of carbonyl (C=O) groups is 2. The number of nitrogens with zero attached hydrogens (tertiary/aromatic N) is 1. The van der Waals surface area contributed by atoms with E-state index in [0.717, 1.165) is 37.2 Å². The van der Waals surface area contributed by atoms with Crippen molar-refractivity contribution < 1.29 is 14.5 Å². The SMILES string of the molecule is Cc1cc(C(=O)C[NH+]2CCC(C(N)=O)CC2)c(C)n1C1CC1. The number of primary amides is 1. The van der Waals surface area contributed by atoms with E-state index in [1.165, 1.54) is 23.4 Å². The van der Waals surface area contributed by atoms with Crippen LogP contribution >= 0.6 is 0 Å². The molecule has 120 valence electrons. The quantitative estimate of drug-likeness (QED) is 0.773. The van der Waals surface area contributed by atoms with Gasteiger partial charge in [-0.2, -0.15) is 0 Å². The summed E-state index contributed by atoms with van der Waals surface area (Å²) in [5, 5.41) is 0. The van der Waals surface area contributed by atoms with Gasteiger partial charge in [0.15, 0.2) is 0 Å². The van der Waals surface area contributed by atoms with Gasteiger partial charge in [-0.1, -0.05) is 0 Å². The van der Waals surface area contributed by atoms with E-state index in [1.54, 1.807) is 0 Å². The molecule has 0 spiro atoms. The summed E-state index contributed by atoms with van der Waals surface area (Å²) in [6, 6.07) is 2.66. The van der Waals surface area contributed by atoms with Crippen LogP contribution in [0.5, 0.6) is 0 Å². The largest absolute Gasteiger partial charge is 0.369 e. The number of carbonyl (C=O) groups excluding carboxylic acids is 2. The Bertz CT molecular complexity index is 593. The first-order chi connectivity index (χ1) is 10.5. The summed E-state index contributed by atoms with van der Waals surface area (Å²) in [5.41, 5.74) is 8.57. The van der Waals surface area contributed by atoms with Crippen molar-refractivity contribution in [2.45, 2.75) is 45.6 Å². The molecule has 1 aromatic heterocycles. The molecule has 5 heteroatoms. The summed E-state index contributed by atoms with van der Waals surface area (Å²) in [6.45, 7) is 6.41. The van der Waals surface area contributed by atoms with Crippen LogP contribution in [-0.4, -0.2) is 35.9 Å². The number of ketones is 1. The number of hydrogen-bond acceptors (Lipinski definition) is 2. The van der Waals surface area contributed by atoms with E-state index in [1.807, 2.05) is 6.07 Å². The van der Waals surface area contributed by atoms with Gasteiger partial charge in [0.1, 0.15) is 6.54 Å². The van der Waals surface area contributed by atoms with Gasteiger partial charge in [0, 0.05) is 41.8 Å². The third-order valence-corrected chi connectivity index (χ3v) is 5.20. The molecule has 2 heterocycles. The third kappa shape index (κ3) is 2.95. The van der Waals surface area contributed by atoms with E-state index in [2.05, 4.69) is 18.4 Å². The third-order valence-electron chi connectivity index (χ3n) is 5.20. The molecule has 1 saturated heterocycles. The Balaban J connectivity index is 1.63. The summed E-state index contributed by atoms with van der Waals surface area (Å²) in [7, 11) is 0. The molecule has 0 bridgehead atoms. The zero-order valence-electron chi connectivity index (χ0n) is 13.5. The Morgan fingerprint density at radius 3 is 2.41 bits per heavy atom. The molecular weight excluding hydrogens is 278 g/mol. The topological polar surface area (TPSA) is 69.5 Å². The summed E-state index contributed by atoms with van der Waals surface area (Å²) >= 11 is 0. The first-order valence-corrected chi connectivity index (χ1v) is 8.32. The lowest BCUT2D eigenvalue weighted by Crippen LogP contribution is -3.14. The molecule has 5 nitrogen and oxygen atoms in total. The molecular formula is C17H26N3O2+. The standard InChI is InChI=1S/C17H25N3O2/c1-11-9-15(12(2)20(11)14-3-4-14)16(21)10-19-7-5-13(6-8-19)17(18)22/h9,13-14H,3-8,10H2,1-2H3,(H2,18,22)/p+1. The summed E-state index contributed by atoms with van der Waals surface area (Å²) < 4.78 is 2.32. The number of quaternary nitrogens is 1. The smallest absolute Gasteiger partial charge is 0.220 e. The van der Waals surface area contributed by atoms with Crippen LogP contribution in [0.3, 0.4) is 0 Å². The van der Waals surface area contributed by atoms with Crippen molar-refractivity contribution in [2.75, 3.05) is 19.6 Å². The van der Waals surface area contributed by atoms with Crippen molar-refractivity contribution in [1.29, 1.82) is 0 Å². The van der Waals surface area contributed by atoms with Gasteiger partial charge in [-0.15, -0.1) is 0 Å². The fourth-order valence-corrected chi connectivity index (χ4v) is 3.76. The van der Waals surface area contributed by atoms with Crippen molar-refractivity contribution in [3.63, 3.8) is 0 Å². The van der Waals surface area contributed by atoms with E-state index >= 15 is 0 Å². The molecule has 0 radical (unpaired) electrons. The number of amides is 1. The average molecular weight is 304 g/mol. The monoisotopic (exact) mass is 304 g/mol. The van der Waals surface area contributed by atoms with Crippen LogP contribution in [-0.2, 0) is 4.79 Å². The lowest BCUT2D eigenvalue weighted by molar-refractivity contribution is -0.897. The normalized spacial score (nSPS) is 25.2. The Kier molecular flexibility index (Phi) is 4.08. The van der Waals surface area contributed by atoms with Crippen LogP contribution in [0.1, 0.15) is 53.5 Å². The number of piperidine rings is 1. The molecule has 1 aliphatic carbocycles. The van der Waals surface area contributed by atoms with Crippen LogP contribution in [0.4, 0.5) is 0 Å². The van der Waals surface area contributed by atoms with Gasteiger partial charge >= 0.3 is 0 Å². The van der Waals surface area contributed by atoms with Gasteiger partial charge in [0.25, 0.3) is 0 Å². The number of aromatic nitrogens is 1. The molecule has 22 heavy (non-hydrogen) atoms. The second-order valence-electron chi connectivity index (χ2n) is 6.91. The van der Waals surface area contributed by atoms with Gasteiger partial charge in [-0.05, 0) is 32.8 Å². The Morgan fingerprint density at radius 2 is 1.86 bits per heavy atom. The summed E-state index contributed by atoms with van der Waals surface area (Å²) in [5.74, 6) is 0.0321. The maximum Gasteiger partial charge on any atom is 0.220 e. The van der Waals surface area contributed by atoms with Crippen molar-refractivity contribution in [1.82, 2.24) is 4.57 Å². The predicted octanol–water partition coefficient (Wildman–Crippen LogP) is 0.403.